The third kappa shape index (κ3) is 4.45. The van der Waals surface area contributed by atoms with E-state index in [2.05, 4.69) is 10.6 Å². The van der Waals surface area contributed by atoms with E-state index in [4.69, 9.17) is 4.42 Å². The predicted molar refractivity (Wildman–Crippen MR) is 90.9 cm³/mol. The van der Waals surface area contributed by atoms with Crippen molar-refractivity contribution in [2.24, 2.45) is 0 Å². The van der Waals surface area contributed by atoms with Gasteiger partial charge in [-0.1, -0.05) is 25.1 Å². The molecule has 0 spiro atoms. The number of aryl methyl sites for hydroxylation is 1. The fraction of sp³-hybridized carbons (Fsp3) is 0.333. The van der Waals surface area contributed by atoms with E-state index in [1.807, 2.05) is 45.0 Å². The van der Waals surface area contributed by atoms with Crippen LogP contribution in [0.3, 0.4) is 0 Å². The lowest BCUT2D eigenvalue weighted by Gasteiger charge is -2.08. The lowest BCUT2D eigenvalue weighted by molar-refractivity contribution is -0.124. The Morgan fingerprint density at radius 2 is 2.00 bits per heavy atom. The van der Waals surface area contributed by atoms with Gasteiger partial charge in [0, 0.05) is 29.5 Å². The minimum atomic E-state index is -0.309. The first-order chi connectivity index (χ1) is 11.0. The van der Waals surface area contributed by atoms with Gasteiger partial charge in [0.1, 0.15) is 11.3 Å². The van der Waals surface area contributed by atoms with Crippen LogP contribution in [0.4, 0.5) is 0 Å². The van der Waals surface area contributed by atoms with Crippen LogP contribution in [0.2, 0.25) is 0 Å². The van der Waals surface area contributed by atoms with Gasteiger partial charge in [0.2, 0.25) is 11.8 Å². The second-order valence-corrected chi connectivity index (χ2v) is 5.56. The standard InChI is InChI=1S/C18H22N2O3/c1-4-15-14(13-7-5-6-8-16(13)23-15)9-10-17(21)19-11-18(22)20-12(2)3/h5-10,12H,4,11H2,1-3H3,(H,19,21)(H,20,22)/b10-9+. The second-order valence-electron chi connectivity index (χ2n) is 5.56. The fourth-order valence-corrected chi connectivity index (χ4v) is 2.32. The summed E-state index contributed by atoms with van der Waals surface area (Å²) in [4.78, 5) is 23.4. The largest absolute Gasteiger partial charge is 0.460 e. The van der Waals surface area contributed by atoms with E-state index in [0.717, 1.165) is 28.7 Å². The zero-order valence-electron chi connectivity index (χ0n) is 13.7. The number of benzene rings is 1. The molecule has 122 valence electrons. The van der Waals surface area contributed by atoms with Gasteiger partial charge in [-0.15, -0.1) is 0 Å². The number of para-hydroxylation sites is 1. The number of carbonyl (C=O) groups excluding carboxylic acids is 2. The molecule has 2 amide bonds. The van der Waals surface area contributed by atoms with Crippen LogP contribution < -0.4 is 10.6 Å². The Morgan fingerprint density at radius 1 is 1.26 bits per heavy atom. The Kier molecular flexibility index (Phi) is 5.57. The van der Waals surface area contributed by atoms with Crippen LogP contribution in [0.5, 0.6) is 0 Å². The summed E-state index contributed by atoms with van der Waals surface area (Å²) in [6, 6.07) is 7.77. The van der Waals surface area contributed by atoms with Gasteiger partial charge in [-0.05, 0) is 26.0 Å². The van der Waals surface area contributed by atoms with Crippen molar-refractivity contribution in [2.75, 3.05) is 6.54 Å². The Balaban J connectivity index is 2.05. The van der Waals surface area contributed by atoms with Gasteiger partial charge in [-0.2, -0.15) is 0 Å². The summed E-state index contributed by atoms with van der Waals surface area (Å²) in [5, 5.41) is 6.26. The maximum absolute atomic E-state index is 11.9. The van der Waals surface area contributed by atoms with Gasteiger partial charge in [-0.25, -0.2) is 0 Å². The normalized spacial score (nSPS) is 11.3. The number of fused-ring (bicyclic) bond motifs is 1. The first-order valence-corrected chi connectivity index (χ1v) is 7.77. The van der Waals surface area contributed by atoms with Gasteiger partial charge in [0.05, 0.1) is 6.54 Å². The summed E-state index contributed by atoms with van der Waals surface area (Å²) >= 11 is 0. The van der Waals surface area contributed by atoms with Crippen LogP contribution >= 0.6 is 0 Å². The lowest BCUT2D eigenvalue weighted by atomic mass is 10.1. The van der Waals surface area contributed by atoms with Crippen LogP contribution in [-0.4, -0.2) is 24.4 Å². The Labute approximate surface area is 135 Å². The van der Waals surface area contributed by atoms with Crippen molar-refractivity contribution >= 4 is 28.9 Å². The molecule has 0 radical (unpaired) electrons. The number of furan rings is 1. The number of nitrogens with one attached hydrogen (secondary N) is 2. The number of carbonyl (C=O) groups is 2. The third-order valence-electron chi connectivity index (χ3n) is 3.31. The Bertz CT molecular complexity index is 729. The highest BCUT2D eigenvalue weighted by molar-refractivity contribution is 5.97. The van der Waals surface area contributed by atoms with E-state index in [-0.39, 0.29) is 24.4 Å². The molecule has 2 aromatic rings. The molecule has 0 aliphatic rings. The molecule has 5 heteroatoms. The zero-order chi connectivity index (χ0) is 16.8. The average molecular weight is 314 g/mol. The molecule has 0 fully saturated rings. The van der Waals surface area contributed by atoms with Crippen molar-refractivity contribution in [3.63, 3.8) is 0 Å². The smallest absolute Gasteiger partial charge is 0.244 e. The molecule has 0 aliphatic carbocycles. The molecule has 0 saturated heterocycles. The van der Waals surface area contributed by atoms with Gasteiger partial charge >= 0.3 is 0 Å². The highest BCUT2D eigenvalue weighted by Crippen LogP contribution is 2.27. The topological polar surface area (TPSA) is 71.3 Å². The molecular formula is C18H22N2O3. The number of hydrogen-bond donors (Lipinski definition) is 2. The van der Waals surface area contributed by atoms with Crippen molar-refractivity contribution in [1.29, 1.82) is 0 Å². The summed E-state index contributed by atoms with van der Waals surface area (Å²) in [7, 11) is 0. The molecule has 2 N–H and O–H groups in total. The first-order valence-electron chi connectivity index (χ1n) is 7.77. The van der Waals surface area contributed by atoms with E-state index >= 15 is 0 Å². The van der Waals surface area contributed by atoms with E-state index in [1.54, 1.807) is 6.08 Å². The van der Waals surface area contributed by atoms with Crippen molar-refractivity contribution < 1.29 is 14.0 Å². The molecule has 0 unspecified atom stereocenters. The molecule has 0 saturated carbocycles. The molecule has 0 aliphatic heterocycles. The van der Waals surface area contributed by atoms with Crippen molar-refractivity contribution in [2.45, 2.75) is 33.2 Å². The van der Waals surface area contributed by atoms with Gasteiger partial charge in [0.15, 0.2) is 0 Å². The van der Waals surface area contributed by atoms with Crippen LogP contribution in [0.1, 0.15) is 32.1 Å². The van der Waals surface area contributed by atoms with Crippen molar-refractivity contribution in [1.82, 2.24) is 10.6 Å². The summed E-state index contributed by atoms with van der Waals surface area (Å²) in [6.07, 6.45) is 3.91. The molecular weight excluding hydrogens is 292 g/mol. The van der Waals surface area contributed by atoms with E-state index in [1.165, 1.54) is 6.08 Å². The number of hydrogen-bond acceptors (Lipinski definition) is 3. The van der Waals surface area contributed by atoms with E-state index in [0.29, 0.717) is 0 Å². The highest BCUT2D eigenvalue weighted by atomic mass is 16.3. The number of amides is 2. The van der Waals surface area contributed by atoms with Crippen molar-refractivity contribution in [3.8, 4) is 0 Å². The molecule has 1 heterocycles. The van der Waals surface area contributed by atoms with Gasteiger partial charge in [0.25, 0.3) is 0 Å². The molecule has 5 nitrogen and oxygen atoms in total. The Morgan fingerprint density at radius 3 is 2.70 bits per heavy atom. The van der Waals surface area contributed by atoms with E-state index < -0.39 is 0 Å². The lowest BCUT2D eigenvalue weighted by Crippen LogP contribution is -2.39. The predicted octanol–water partition coefficient (Wildman–Crippen LogP) is 2.65. The molecule has 0 atom stereocenters. The average Bonchev–Trinajstić information content (AvgIpc) is 2.88. The zero-order valence-corrected chi connectivity index (χ0v) is 13.7. The van der Waals surface area contributed by atoms with Gasteiger partial charge in [-0.3, -0.25) is 9.59 Å². The molecule has 1 aromatic heterocycles. The van der Waals surface area contributed by atoms with Crippen molar-refractivity contribution in [3.05, 3.63) is 41.7 Å². The summed E-state index contributed by atoms with van der Waals surface area (Å²) < 4.78 is 5.78. The van der Waals surface area contributed by atoms with Crippen LogP contribution in [0.15, 0.2) is 34.8 Å². The van der Waals surface area contributed by atoms with Gasteiger partial charge < -0.3 is 15.1 Å². The van der Waals surface area contributed by atoms with E-state index in [9.17, 15) is 9.59 Å². The van der Waals surface area contributed by atoms with Crippen LogP contribution in [0, 0.1) is 0 Å². The molecule has 23 heavy (non-hydrogen) atoms. The maximum Gasteiger partial charge on any atom is 0.244 e. The first kappa shape index (κ1) is 16.8. The molecule has 0 bridgehead atoms. The summed E-state index contributed by atoms with van der Waals surface area (Å²) in [5.74, 6) is 0.328. The van der Waals surface area contributed by atoms with Crippen LogP contribution in [-0.2, 0) is 16.0 Å². The monoisotopic (exact) mass is 314 g/mol. The quantitative estimate of drug-likeness (QED) is 0.805. The molecule has 2 rings (SSSR count). The SMILES string of the molecule is CCc1oc2ccccc2c1/C=C/C(=O)NCC(=O)NC(C)C. The summed E-state index contributed by atoms with van der Waals surface area (Å²) in [6.45, 7) is 5.71. The summed E-state index contributed by atoms with van der Waals surface area (Å²) in [5.41, 5.74) is 1.71. The fourth-order valence-electron chi connectivity index (χ4n) is 2.32. The highest BCUT2D eigenvalue weighted by Gasteiger charge is 2.10. The maximum atomic E-state index is 11.9. The molecule has 1 aromatic carbocycles. The third-order valence-corrected chi connectivity index (χ3v) is 3.31. The minimum absolute atomic E-state index is 0.0336. The van der Waals surface area contributed by atoms with Crippen LogP contribution in [0.25, 0.3) is 17.0 Å². The minimum Gasteiger partial charge on any atom is -0.460 e. The number of rotatable bonds is 6. The second kappa shape index (κ2) is 7.63. The Hall–Kier alpha value is -2.56.